The lowest BCUT2D eigenvalue weighted by atomic mass is 9.92. The molecule has 0 aliphatic carbocycles. The molecule has 8 rings (SSSR count). The summed E-state index contributed by atoms with van der Waals surface area (Å²) in [5.74, 6) is 0. The third-order valence-corrected chi connectivity index (χ3v) is 11.6. The maximum absolute atomic E-state index is 4.50. The van der Waals surface area contributed by atoms with E-state index >= 15 is 0 Å². The summed E-state index contributed by atoms with van der Waals surface area (Å²) in [7, 11) is 0. The number of hydrogen-bond donors (Lipinski definition) is 0. The number of nitrogens with zero attached hydrogens (tertiary/aromatic N) is 1. The first kappa shape index (κ1) is 55.2. The second-order valence-electron chi connectivity index (χ2n) is 17.3. The molecule has 0 radical (unpaired) electrons. The zero-order valence-electron chi connectivity index (χ0n) is 43.7. The van der Waals surface area contributed by atoms with Gasteiger partial charge < -0.3 is 4.90 Å². The Morgan fingerprint density at radius 1 is 0.479 bits per heavy atom. The standard InChI is InChI=1S/C45H39N.C13H14.C7H8.C7H10/c1-6-7-9-13-33(3)43-30-40(19-18-34(43)4)41-22-25-45-44(31-41)35(5)28-32(2)26-27-46(45)42-23-20-37(21-24-42)39-17-12-16-38(29-39)36-14-10-8-11-15-36;1-2-3-4-5-7-10-13-11-8-6-9-12-13;1-7-5-3-2-4-6-7;1-3-5-7-6-4-2/h6-31H,1,5H2,2-4H3;2-12H,1H3;2-6H,1H3;3-7H,1H2,2H3/b9-7-,27-26-,32-28-,33-13+;3-2-,5-4-,10-7+;;6-4-,7-5-. The highest BCUT2D eigenvalue weighted by molar-refractivity contribution is 5.89. The Morgan fingerprint density at radius 2 is 1.00 bits per heavy atom. The Hall–Kier alpha value is -8.78. The van der Waals surface area contributed by atoms with Crippen molar-refractivity contribution in [2.75, 3.05) is 4.90 Å². The minimum Gasteiger partial charge on any atom is -0.317 e. The third kappa shape index (κ3) is 18.2. The van der Waals surface area contributed by atoms with Gasteiger partial charge in [0.1, 0.15) is 0 Å². The van der Waals surface area contributed by atoms with Gasteiger partial charge in [-0.3, -0.25) is 0 Å². The number of aryl methyl sites for hydroxylation is 2. The zero-order chi connectivity index (χ0) is 52.0. The van der Waals surface area contributed by atoms with Gasteiger partial charge in [0.15, 0.2) is 0 Å². The highest BCUT2D eigenvalue weighted by atomic mass is 15.1. The van der Waals surface area contributed by atoms with E-state index in [1.165, 1.54) is 61.2 Å². The van der Waals surface area contributed by atoms with Gasteiger partial charge in [-0.15, -0.1) is 0 Å². The first-order valence-corrected chi connectivity index (χ1v) is 24.9. The molecule has 0 saturated carbocycles. The molecule has 0 N–H and O–H groups in total. The fourth-order valence-electron chi connectivity index (χ4n) is 7.76. The summed E-state index contributed by atoms with van der Waals surface area (Å²) in [6.07, 6.45) is 36.1. The molecular formula is C72H71N. The van der Waals surface area contributed by atoms with Crippen LogP contribution in [0.15, 0.2) is 305 Å². The van der Waals surface area contributed by atoms with Crippen molar-refractivity contribution in [1.29, 1.82) is 0 Å². The molecule has 1 aliphatic heterocycles. The van der Waals surface area contributed by atoms with Gasteiger partial charge in [0.05, 0.1) is 5.69 Å². The van der Waals surface area contributed by atoms with Crippen molar-refractivity contribution in [2.24, 2.45) is 0 Å². The van der Waals surface area contributed by atoms with Crippen molar-refractivity contribution < 1.29 is 0 Å². The van der Waals surface area contributed by atoms with E-state index in [2.05, 4.69) is 222 Å². The summed E-state index contributed by atoms with van der Waals surface area (Å²) in [5.41, 5.74) is 18.9. The van der Waals surface area contributed by atoms with Gasteiger partial charge in [-0.05, 0) is 151 Å². The van der Waals surface area contributed by atoms with Crippen LogP contribution in [0, 0.1) is 13.8 Å². The zero-order valence-corrected chi connectivity index (χ0v) is 43.7. The Bertz CT molecular complexity index is 3120. The van der Waals surface area contributed by atoms with Crippen molar-refractivity contribution >= 4 is 28.6 Å². The Morgan fingerprint density at radius 3 is 1.62 bits per heavy atom. The minimum absolute atomic E-state index is 0.996. The highest BCUT2D eigenvalue weighted by Crippen LogP contribution is 2.39. The van der Waals surface area contributed by atoms with Crippen molar-refractivity contribution in [3.8, 4) is 33.4 Å². The number of benzene rings is 7. The van der Waals surface area contributed by atoms with Crippen molar-refractivity contribution in [3.05, 3.63) is 332 Å². The topological polar surface area (TPSA) is 3.24 Å². The first-order valence-electron chi connectivity index (χ1n) is 24.9. The molecule has 364 valence electrons. The van der Waals surface area contributed by atoms with E-state index in [-0.39, 0.29) is 0 Å². The molecule has 0 spiro atoms. The van der Waals surface area contributed by atoms with E-state index < -0.39 is 0 Å². The average Bonchev–Trinajstić information content (AvgIpc) is 3.42. The quantitative estimate of drug-likeness (QED) is 0.110. The van der Waals surface area contributed by atoms with Gasteiger partial charge in [0.2, 0.25) is 0 Å². The van der Waals surface area contributed by atoms with Crippen molar-refractivity contribution in [3.63, 3.8) is 0 Å². The van der Waals surface area contributed by atoms with Crippen molar-refractivity contribution in [1.82, 2.24) is 0 Å². The van der Waals surface area contributed by atoms with Gasteiger partial charge in [-0.2, -0.15) is 0 Å². The lowest BCUT2D eigenvalue weighted by molar-refractivity contribution is 1.26. The molecule has 1 nitrogen and oxygen atoms in total. The van der Waals surface area contributed by atoms with Gasteiger partial charge in [0, 0.05) is 17.5 Å². The van der Waals surface area contributed by atoms with E-state index in [9.17, 15) is 0 Å². The molecule has 73 heavy (non-hydrogen) atoms. The van der Waals surface area contributed by atoms with Gasteiger partial charge in [-0.25, -0.2) is 0 Å². The number of fused-ring (bicyclic) bond motifs is 1. The van der Waals surface area contributed by atoms with Crippen LogP contribution in [0.25, 0.3) is 50.6 Å². The van der Waals surface area contributed by atoms with E-state index in [1.54, 1.807) is 12.2 Å². The normalized spacial score (nSPS) is 13.6. The van der Waals surface area contributed by atoms with Crippen LogP contribution in [-0.2, 0) is 0 Å². The van der Waals surface area contributed by atoms with E-state index in [4.69, 9.17) is 0 Å². The molecule has 1 heterocycles. The Balaban J connectivity index is 0.000000295. The van der Waals surface area contributed by atoms with Crippen LogP contribution in [0.1, 0.15) is 55.5 Å². The summed E-state index contributed by atoms with van der Waals surface area (Å²) in [6, 6.07) is 62.1. The Labute approximate surface area is 438 Å². The second kappa shape index (κ2) is 30.7. The molecule has 1 heteroatoms. The van der Waals surface area contributed by atoms with Crippen LogP contribution < -0.4 is 4.90 Å². The molecule has 0 aromatic heterocycles. The number of rotatable bonds is 12. The second-order valence-corrected chi connectivity index (χ2v) is 17.3. The molecule has 0 atom stereocenters. The van der Waals surface area contributed by atoms with Crippen molar-refractivity contribution in [2.45, 2.75) is 41.5 Å². The van der Waals surface area contributed by atoms with Gasteiger partial charge in [-0.1, -0.05) is 262 Å². The predicted molar refractivity (Wildman–Crippen MR) is 326 cm³/mol. The number of anilines is 2. The molecule has 7 aromatic carbocycles. The molecule has 0 bridgehead atoms. The molecule has 7 aromatic rings. The van der Waals surface area contributed by atoms with Crippen LogP contribution in [-0.4, -0.2) is 0 Å². The smallest absolute Gasteiger partial charge is 0.0534 e. The highest BCUT2D eigenvalue weighted by Gasteiger charge is 2.17. The lowest BCUT2D eigenvalue weighted by Gasteiger charge is -2.26. The van der Waals surface area contributed by atoms with Crippen LogP contribution in [0.2, 0.25) is 0 Å². The Kier molecular flexibility index (Phi) is 23.2. The molecule has 0 fully saturated rings. The van der Waals surface area contributed by atoms with E-state index in [0.29, 0.717) is 0 Å². The largest absolute Gasteiger partial charge is 0.317 e. The molecule has 0 saturated heterocycles. The third-order valence-electron chi connectivity index (χ3n) is 11.6. The molecule has 1 aliphatic rings. The van der Waals surface area contributed by atoms with Gasteiger partial charge >= 0.3 is 0 Å². The fourth-order valence-corrected chi connectivity index (χ4v) is 7.76. The SMILES string of the molecule is C=C/C=C\C=C(/C)c1cc(-c2ccc3c(c2)C(=C)/C=C(C)\C=C/N3c2ccc(-c3cccc(-c4ccccc4)c3)cc2)ccc1C.C=C/C=C\C=C/C.C\C=C/C=C\C=C\c1ccccc1.Cc1ccccc1. The van der Waals surface area contributed by atoms with Crippen LogP contribution in [0.3, 0.4) is 0 Å². The van der Waals surface area contributed by atoms with E-state index in [1.807, 2.05) is 117 Å². The summed E-state index contributed by atoms with van der Waals surface area (Å²) in [5, 5.41) is 0. The maximum atomic E-state index is 4.50. The maximum Gasteiger partial charge on any atom is 0.0534 e. The van der Waals surface area contributed by atoms with E-state index in [0.717, 1.165) is 28.1 Å². The summed E-state index contributed by atoms with van der Waals surface area (Å²) in [6.45, 7) is 24.3. The number of allylic oxidation sites excluding steroid dienone is 19. The average molecular weight is 950 g/mol. The summed E-state index contributed by atoms with van der Waals surface area (Å²) < 4.78 is 0. The number of hydrogen-bond acceptors (Lipinski definition) is 1. The fraction of sp³-hybridized carbons (Fsp3) is 0.0833. The molecule has 0 amide bonds. The minimum atomic E-state index is 0.996. The van der Waals surface area contributed by atoms with Crippen LogP contribution in [0.4, 0.5) is 11.4 Å². The van der Waals surface area contributed by atoms with Crippen LogP contribution >= 0.6 is 0 Å². The van der Waals surface area contributed by atoms with Crippen LogP contribution in [0.5, 0.6) is 0 Å². The summed E-state index contributed by atoms with van der Waals surface area (Å²) in [4.78, 5) is 2.27. The molecule has 0 unspecified atom stereocenters. The first-order chi connectivity index (χ1) is 35.6. The van der Waals surface area contributed by atoms with Gasteiger partial charge in [0.25, 0.3) is 0 Å². The molecular weight excluding hydrogens is 879 g/mol. The lowest BCUT2D eigenvalue weighted by Crippen LogP contribution is -2.12. The monoisotopic (exact) mass is 950 g/mol. The summed E-state index contributed by atoms with van der Waals surface area (Å²) >= 11 is 0. The predicted octanol–water partition coefficient (Wildman–Crippen LogP) is 20.9.